The average Bonchev–Trinajstić information content (AvgIpc) is 3.26. The maximum absolute atomic E-state index is 12.4. The van der Waals surface area contributed by atoms with Gasteiger partial charge < -0.3 is 9.73 Å². The van der Waals surface area contributed by atoms with Crippen LogP contribution < -0.4 is 5.32 Å². The smallest absolute Gasteiger partial charge is 0.274 e. The van der Waals surface area contributed by atoms with Crippen molar-refractivity contribution in [2.45, 2.75) is 0 Å². The van der Waals surface area contributed by atoms with E-state index in [1.807, 2.05) is 18.2 Å². The predicted octanol–water partition coefficient (Wildman–Crippen LogP) is 4.89. The number of hydrogen-bond acceptors (Lipinski definition) is 4. The van der Waals surface area contributed by atoms with Crippen molar-refractivity contribution in [2.24, 2.45) is 0 Å². The summed E-state index contributed by atoms with van der Waals surface area (Å²) in [6.45, 7) is 0. The first-order chi connectivity index (χ1) is 12.1. The number of pyridine rings is 1. The van der Waals surface area contributed by atoms with Crippen LogP contribution in [0.2, 0.25) is 5.02 Å². The minimum atomic E-state index is -0.345. The number of nitrogens with one attached hydrogen (secondary N) is 2. The Kier molecular flexibility index (Phi) is 4.03. The van der Waals surface area contributed by atoms with Gasteiger partial charge >= 0.3 is 0 Å². The summed E-state index contributed by atoms with van der Waals surface area (Å²) < 4.78 is 5.75. The zero-order valence-corrected chi connectivity index (χ0v) is 14.9. The number of furan rings is 1. The minimum absolute atomic E-state index is 0.232. The summed E-state index contributed by atoms with van der Waals surface area (Å²) in [5, 5.41) is 11.4. The number of carbonyl (C=O) groups excluding carboxylic acids is 1. The molecule has 4 aromatic rings. The van der Waals surface area contributed by atoms with Gasteiger partial charge in [0.25, 0.3) is 5.91 Å². The highest BCUT2D eigenvalue weighted by atomic mass is 79.9. The van der Waals surface area contributed by atoms with Crippen LogP contribution in [0.5, 0.6) is 0 Å². The molecule has 0 unspecified atom stereocenters. The first-order valence-electron chi connectivity index (χ1n) is 7.25. The van der Waals surface area contributed by atoms with Crippen LogP contribution in [0.3, 0.4) is 0 Å². The number of H-pyrrole nitrogens is 1. The Balaban J connectivity index is 1.66. The standard InChI is InChI=1S/C17H10BrClN4O2/c18-12-7-20-15(6-13(12)19)17(24)21-10-1-2-14-11(5-10)16(23-22-14)9-3-4-25-8-9/h1-8H,(H,21,24)(H,22,23). The molecule has 8 heteroatoms. The van der Waals surface area contributed by atoms with Gasteiger partial charge in [-0.1, -0.05) is 11.6 Å². The van der Waals surface area contributed by atoms with Crippen molar-refractivity contribution in [2.75, 3.05) is 5.32 Å². The van der Waals surface area contributed by atoms with E-state index in [1.165, 1.54) is 12.3 Å². The van der Waals surface area contributed by atoms with E-state index >= 15 is 0 Å². The molecule has 2 N–H and O–H groups in total. The van der Waals surface area contributed by atoms with Gasteiger partial charge in [0.15, 0.2) is 0 Å². The molecule has 3 aromatic heterocycles. The van der Waals surface area contributed by atoms with Crippen LogP contribution >= 0.6 is 27.5 Å². The van der Waals surface area contributed by atoms with Gasteiger partial charge in [0.05, 0.1) is 27.5 Å². The number of nitrogens with zero attached hydrogens (tertiary/aromatic N) is 2. The highest BCUT2D eigenvalue weighted by molar-refractivity contribution is 9.10. The largest absolute Gasteiger partial charge is 0.472 e. The lowest BCUT2D eigenvalue weighted by Gasteiger charge is -2.06. The van der Waals surface area contributed by atoms with Crippen molar-refractivity contribution < 1.29 is 9.21 Å². The number of amides is 1. The molecule has 0 aliphatic heterocycles. The van der Waals surface area contributed by atoms with Crippen LogP contribution in [0.15, 0.2) is 57.9 Å². The van der Waals surface area contributed by atoms with Crippen LogP contribution in [-0.4, -0.2) is 21.1 Å². The fraction of sp³-hybridized carbons (Fsp3) is 0. The van der Waals surface area contributed by atoms with Crippen molar-refractivity contribution in [3.63, 3.8) is 0 Å². The summed E-state index contributed by atoms with van der Waals surface area (Å²) in [7, 11) is 0. The van der Waals surface area contributed by atoms with Crippen LogP contribution in [0.25, 0.3) is 22.2 Å². The number of rotatable bonds is 3. The molecular formula is C17H10BrClN4O2. The zero-order valence-electron chi connectivity index (χ0n) is 12.6. The Morgan fingerprint density at radius 3 is 2.92 bits per heavy atom. The molecule has 0 atom stereocenters. The van der Waals surface area contributed by atoms with Gasteiger partial charge in [-0.15, -0.1) is 0 Å². The number of benzene rings is 1. The highest BCUT2D eigenvalue weighted by Crippen LogP contribution is 2.29. The molecule has 1 amide bonds. The molecule has 0 saturated heterocycles. The Morgan fingerprint density at radius 1 is 1.28 bits per heavy atom. The van der Waals surface area contributed by atoms with Gasteiger partial charge in [0.1, 0.15) is 11.4 Å². The Hall–Kier alpha value is -2.64. The average molecular weight is 418 g/mol. The van der Waals surface area contributed by atoms with E-state index in [0.29, 0.717) is 15.2 Å². The fourth-order valence-electron chi connectivity index (χ4n) is 2.44. The number of halogens is 2. The fourth-order valence-corrected chi connectivity index (χ4v) is 2.81. The number of hydrogen-bond donors (Lipinski definition) is 2. The van der Waals surface area contributed by atoms with Gasteiger partial charge in [-0.05, 0) is 46.3 Å². The Labute approximate surface area is 155 Å². The highest BCUT2D eigenvalue weighted by Gasteiger charge is 2.13. The summed E-state index contributed by atoms with van der Waals surface area (Å²) >= 11 is 9.26. The topological polar surface area (TPSA) is 83.8 Å². The molecule has 0 spiro atoms. The summed E-state index contributed by atoms with van der Waals surface area (Å²) in [6, 6.07) is 8.82. The molecule has 6 nitrogen and oxygen atoms in total. The lowest BCUT2D eigenvalue weighted by Crippen LogP contribution is -2.13. The third-order valence-electron chi connectivity index (χ3n) is 3.66. The first-order valence-corrected chi connectivity index (χ1v) is 8.42. The molecule has 0 fully saturated rings. The SMILES string of the molecule is O=C(Nc1ccc2[nH]nc(-c3ccoc3)c2c1)c1cc(Cl)c(Br)cn1. The Bertz CT molecular complexity index is 1080. The number of aromatic nitrogens is 3. The van der Waals surface area contributed by atoms with Crippen LogP contribution in [-0.2, 0) is 0 Å². The Morgan fingerprint density at radius 2 is 2.16 bits per heavy atom. The third-order valence-corrected chi connectivity index (χ3v) is 4.83. The number of carbonyl (C=O) groups is 1. The van der Waals surface area contributed by atoms with Crippen molar-refractivity contribution in [1.29, 1.82) is 0 Å². The van der Waals surface area contributed by atoms with E-state index in [0.717, 1.165) is 22.2 Å². The summed E-state index contributed by atoms with van der Waals surface area (Å²) in [6.07, 6.45) is 4.70. The number of fused-ring (bicyclic) bond motifs is 1. The van der Waals surface area contributed by atoms with Gasteiger partial charge in [0, 0.05) is 22.8 Å². The lowest BCUT2D eigenvalue weighted by atomic mass is 10.1. The van der Waals surface area contributed by atoms with Gasteiger partial charge in [0.2, 0.25) is 0 Å². The molecule has 0 radical (unpaired) electrons. The second kappa shape index (κ2) is 6.34. The van der Waals surface area contributed by atoms with E-state index in [9.17, 15) is 4.79 Å². The molecule has 4 rings (SSSR count). The van der Waals surface area contributed by atoms with E-state index < -0.39 is 0 Å². The lowest BCUT2D eigenvalue weighted by molar-refractivity contribution is 0.102. The first kappa shape index (κ1) is 15.9. The molecule has 124 valence electrons. The molecule has 0 bridgehead atoms. The number of anilines is 1. The van der Waals surface area contributed by atoms with Gasteiger partial charge in [-0.25, -0.2) is 4.98 Å². The maximum atomic E-state index is 12.4. The molecule has 1 aromatic carbocycles. The normalized spacial score (nSPS) is 11.0. The monoisotopic (exact) mass is 416 g/mol. The minimum Gasteiger partial charge on any atom is -0.472 e. The molecule has 0 saturated carbocycles. The molecule has 0 aliphatic rings. The van der Waals surface area contributed by atoms with Crippen LogP contribution in [0.4, 0.5) is 5.69 Å². The summed E-state index contributed by atoms with van der Waals surface area (Å²) in [5.74, 6) is -0.345. The van der Waals surface area contributed by atoms with Crippen LogP contribution in [0, 0.1) is 0 Å². The number of aromatic amines is 1. The maximum Gasteiger partial charge on any atom is 0.274 e. The van der Waals surface area contributed by atoms with E-state index in [1.54, 1.807) is 18.6 Å². The van der Waals surface area contributed by atoms with Gasteiger partial charge in [-0.3, -0.25) is 9.89 Å². The third kappa shape index (κ3) is 3.04. The van der Waals surface area contributed by atoms with Crippen molar-refractivity contribution in [3.8, 4) is 11.3 Å². The van der Waals surface area contributed by atoms with Crippen molar-refractivity contribution in [3.05, 3.63) is 64.2 Å². The zero-order chi connectivity index (χ0) is 17.4. The predicted molar refractivity (Wildman–Crippen MR) is 98.7 cm³/mol. The van der Waals surface area contributed by atoms with E-state index in [2.05, 4.69) is 36.4 Å². The summed E-state index contributed by atoms with van der Waals surface area (Å²) in [5.41, 5.74) is 3.33. The van der Waals surface area contributed by atoms with Crippen molar-refractivity contribution >= 4 is 50.0 Å². The quantitative estimate of drug-likeness (QED) is 0.497. The molecule has 3 heterocycles. The molecule has 0 aliphatic carbocycles. The van der Waals surface area contributed by atoms with Gasteiger partial charge in [-0.2, -0.15) is 5.10 Å². The van der Waals surface area contributed by atoms with Crippen molar-refractivity contribution in [1.82, 2.24) is 15.2 Å². The molecular weight excluding hydrogens is 408 g/mol. The van der Waals surface area contributed by atoms with E-state index in [-0.39, 0.29) is 11.6 Å². The second-order valence-corrected chi connectivity index (χ2v) is 6.54. The summed E-state index contributed by atoms with van der Waals surface area (Å²) in [4.78, 5) is 16.5. The van der Waals surface area contributed by atoms with Crippen LogP contribution in [0.1, 0.15) is 10.5 Å². The van der Waals surface area contributed by atoms with E-state index in [4.69, 9.17) is 16.0 Å². The second-order valence-electron chi connectivity index (χ2n) is 5.28. The molecule has 25 heavy (non-hydrogen) atoms.